The minimum atomic E-state index is 0.214. The standard InChI is InChI=1S/C15H14OS/c1-10-8-17-9-14(10)15(16)13-7-12(13)11-5-3-2-4-6-11/h2-6,8-9,12-13H,7H2,1H3. The average Bonchev–Trinajstić information content (AvgIpc) is 3.05. The molecule has 17 heavy (non-hydrogen) atoms. The first-order chi connectivity index (χ1) is 8.27. The lowest BCUT2D eigenvalue weighted by molar-refractivity contribution is 0.0965. The van der Waals surface area contributed by atoms with Crippen LogP contribution in [-0.4, -0.2) is 5.78 Å². The monoisotopic (exact) mass is 242 g/mol. The van der Waals surface area contributed by atoms with Crippen molar-refractivity contribution in [3.05, 3.63) is 57.8 Å². The van der Waals surface area contributed by atoms with E-state index in [-0.39, 0.29) is 5.92 Å². The molecule has 0 saturated heterocycles. The second-order valence-electron chi connectivity index (χ2n) is 4.69. The third-order valence-corrected chi connectivity index (χ3v) is 4.34. The van der Waals surface area contributed by atoms with Crippen molar-refractivity contribution in [3.63, 3.8) is 0 Å². The zero-order valence-corrected chi connectivity index (χ0v) is 10.5. The second kappa shape index (κ2) is 4.11. The van der Waals surface area contributed by atoms with Gasteiger partial charge in [0.15, 0.2) is 5.78 Å². The topological polar surface area (TPSA) is 17.1 Å². The molecule has 1 aromatic heterocycles. The Bertz CT molecular complexity index is 541. The molecule has 1 heterocycles. The molecule has 1 nitrogen and oxygen atoms in total. The Morgan fingerprint density at radius 1 is 1.24 bits per heavy atom. The largest absolute Gasteiger partial charge is 0.294 e. The lowest BCUT2D eigenvalue weighted by atomic mass is 10.0. The van der Waals surface area contributed by atoms with Gasteiger partial charge in [-0.05, 0) is 35.8 Å². The Kier molecular flexibility index (Phi) is 2.60. The van der Waals surface area contributed by atoms with Gasteiger partial charge in [0.05, 0.1) is 0 Å². The highest BCUT2D eigenvalue weighted by molar-refractivity contribution is 7.08. The van der Waals surface area contributed by atoms with Gasteiger partial charge >= 0.3 is 0 Å². The van der Waals surface area contributed by atoms with Gasteiger partial charge in [0, 0.05) is 16.9 Å². The highest BCUT2D eigenvalue weighted by Crippen LogP contribution is 2.49. The molecule has 2 unspecified atom stereocenters. The number of ketones is 1. The smallest absolute Gasteiger partial charge is 0.167 e. The van der Waals surface area contributed by atoms with Crippen molar-refractivity contribution >= 4 is 17.1 Å². The lowest BCUT2D eigenvalue weighted by Crippen LogP contribution is -2.03. The Balaban J connectivity index is 1.78. The number of hydrogen-bond acceptors (Lipinski definition) is 2. The van der Waals surface area contributed by atoms with Gasteiger partial charge in [-0.3, -0.25) is 4.79 Å². The molecule has 1 aliphatic carbocycles. The van der Waals surface area contributed by atoms with Crippen molar-refractivity contribution in [2.45, 2.75) is 19.3 Å². The van der Waals surface area contributed by atoms with Crippen molar-refractivity contribution in [2.75, 3.05) is 0 Å². The van der Waals surface area contributed by atoms with E-state index in [9.17, 15) is 4.79 Å². The summed E-state index contributed by atoms with van der Waals surface area (Å²) in [5.41, 5.74) is 3.36. The molecule has 2 heteroatoms. The summed E-state index contributed by atoms with van der Waals surface area (Å²) in [5, 5.41) is 4.03. The summed E-state index contributed by atoms with van der Waals surface area (Å²) in [7, 11) is 0. The fraction of sp³-hybridized carbons (Fsp3) is 0.267. The van der Waals surface area contributed by atoms with Crippen molar-refractivity contribution < 1.29 is 4.79 Å². The Morgan fingerprint density at radius 3 is 2.65 bits per heavy atom. The number of Topliss-reactive ketones (excluding diaryl/α,β-unsaturated/α-hetero) is 1. The van der Waals surface area contributed by atoms with E-state index in [1.165, 1.54) is 5.56 Å². The van der Waals surface area contributed by atoms with Crippen LogP contribution in [0.1, 0.15) is 33.8 Å². The van der Waals surface area contributed by atoms with E-state index in [2.05, 4.69) is 12.1 Å². The van der Waals surface area contributed by atoms with E-state index >= 15 is 0 Å². The zero-order chi connectivity index (χ0) is 11.8. The molecule has 86 valence electrons. The fourth-order valence-corrected chi connectivity index (χ4v) is 3.20. The van der Waals surface area contributed by atoms with Gasteiger partial charge in [-0.1, -0.05) is 30.3 Å². The predicted octanol–water partition coefficient (Wildman–Crippen LogP) is 4.04. The number of rotatable bonds is 3. The molecule has 3 rings (SSSR count). The molecule has 1 aliphatic rings. The summed E-state index contributed by atoms with van der Waals surface area (Å²) in [6.45, 7) is 2.02. The van der Waals surface area contributed by atoms with Crippen LogP contribution >= 0.6 is 11.3 Å². The quantitative estimate of drug-likeness (QED) is 0.742. The maximum Gasteiger partial charge on any atom is 0.167 e. The van der Waals surface area contributed by atoms with Crippen LogP contribution in [0, 0.1) is 12.8 Å². The summed E-state index contributed by atoms with van der Waals surface area (Å²) >= 11 is 1.62. The summed E-state index contributed by atoms with van der Waals surface area (Å²) in [4.78, 5) is 12.3. The van der Waals surface area contributed by atoms with E-state index in [1.54, 1.807) is 11.3 Å². The minimum absolute atomic E-state index is 0.214. The summed E-state index contributed by atoms with van der Waals surface area (Å²) in [6, 6.07) is 10.4. The van der Waals surface area contributed by atoms with Gasteiger partial charge in [0.1, 0.15) is 0 Å². The molecule has 0 radical (unpaired) electrons. The van der Waals surface area contributed by atoms with E-state index in [0.717, 1.165) is 17.5 Å². The van der Waals surface area contributed by atoms with Crippen LogP contribution in [0.15, 0.2) is 41.1 Å². The zero-order valence-electron chi connectivity index (χ0n) is 9.72. The van der Waals surface area contributed by atoms with Crippen LogP contribution in [0.3, 0.4) is 0 Å². The second-order valence-corrected chi connectivity index (χ2v) is 5.44. The molecule has 1 aromatic carbocycles. The van der Waals surface area contributed by atoms with Gasteiger partial charge in [0.2, 0.25) is 0 Å². The summed E-state index contributed by atoms with van der Waals surface area (Å²) < 4.78 is 0. The molecule has 0 amide bonds. The molecule has 1 saturated carbocycles. The number of benzene rings is 1. The molecular formula is C15H14OS. The first kappa shape index (κ1) is 10.7. The van der Waals surface area contributed by atoms with Gasteiger partial charge < -0.3 is 0 Å². The first-order valence-electron chi connectivity index (χ1n) is 5.89. The Hall–Kier alpha value is -1.41. The first-order valence-corrected chi connectivity index (χ1v) is 6.83. The Morgan fingerprint density at radius 2 is 2.00 bits per heavy atom. The van der Waals surface area contributed by atoms with Crippen LogP contribution in [-0.2, 0) is 0 Å². The average molecular weight is 242 g/mol. The predicted molar refractivity (Wildman–Crippen MR) is 70.7 cm³/mol. The number of carbonyl (C=O) groups excluding carboxylic acids is 1. The maximum atomic E-state index is 12.3. The molecular weight excluding hydrogens is 228 g/mol. The normalized spacial score (nSPS) is 22.4. The maximum absolute atomic E-state index is 12.3. The molecule has 2 aromatic rings. The van der Waals surface area contributed by atoms with Crippen LogP contribution < -0.4 is 0 Å². The fourth-order valence-electron chi connectivity index (χ4n) is 2.37. The summed E-state index contributed by atoms with van der Waals surface area (Å²) in [5.74, 6) is 0.992. The van der Waals surface area contributed by atoms with Gasteiger partial charge in [-0.15, -0.1) is 0 Å². The Labute approximate surface area is 105 Å². The molecule has 0 N–H and O–H groups in total. The highest BCUT2D eigenvalue weighted by Gasteiger charge is 2.44. The van der Waals surface area contributed by atoms with E-state index in [0.29, 0.717) is 11.7 Å². The van der Waals surface area contributed by atoms with Gasteiger partial charge in [-0.25, -0.2) is 0 Å². The van der Waals surface area contributed by atoms with Gasteiger partial charge in [0.25, 0.3) is 0 Å². The van der Waals surface area contributed by atoms with Crippen molar-refractivity contribution in [3.8, 4) is 0 Å². The molecule has 0 aliphatic heterocycles. The lowest BCUT2D eigenvalue weighted by Gasteiger charge is -2.00. The van der Waals surface area contributed by atoms with Crippen LogP contribution in [0.4, 0.5) is 0 Å². The van der Waals surface area contributed by atoms with Crippen molar-refractivity contribution in [1.82, 2.24) is 0 Å². The minimum Gasteiger partial charge on any atom is -0.294 e. The molecule has 0 bridgehead atoms. The van der Waals surface area contributed by atoms with E-state index in [4.69, 9.17) is 0 Å². The van der Waals surface area contributed by atoms with E-state index < -0.39 is 0 Å². The number of carbonyl (C=O) groups is 1. The van der Waals surface area contributed by atoms with Crippen LogP contribution in [0.2, 0.25) is 0 Å². The van der Waals surface area contributed by atoms with Gasteiger partial charge in [-0.2, -0.15) is 11.3 Å². The number of thiophene rings is 1. The van der Waals surface area contributed by atoms with Crippen molar-refractivity contribution in [1.29, 1.82) is 0 Å². The molecule has 2 atom stereocenters. The van der Waals surface area contributed by atoms with Crippen LogP contribution in [0.25, 0.3) is 0 Å². The number of hydrogen-bond donors (Lipinski definition) is 0. The molecule has 0 spiro atoms. The number of aryl methyl sites for hydroxylation is 1. The SMILES string of the molecule is Cc1cscc1C(=O)C1CC1c1ccccc1. The van der Waals surface area contributed by atoms with Crippen LogP contribution in [0.5, 0.6) is 0 Å². The molecule has 1 fully saturated rings. The van der Waals surface area contributed by atoms with Crippen molar-refractivity contribution in [2.24, 2.45) is 5.92 Å². The summed E-state index contributed by atoms with van der Waals surface area (Å²) in [6.07, 6.45) is 1.01. The van der Waals surface area contributed by atoms with E-state index in [1.807, 2.05) is 35.9 Å². The third kappa shape index (κ3) is 1.93. The third-order valence-electron chi connectivity index (χ3n) is 3.48. The highest BCUT2D eigenvalue weighted by atomic mass is 32.1.